The van der Waals surface area contributed by atoms with Crippen LogP contribution in [-0.2, 0) is 9.47 Å². The normalized spacial score (nSPS) is 23.6. The van der Waals surface area contributed by atoms with Gasteiger partial charge in [0.05, 0.1) is 0 Å². The van der Waals surface area contributed by atoms with E-state index in [9.17, 15) is 0 Å². The summed E-state index contributed by atoms with van der Waals surface area (Å²) in [4.78, 5) is 2.40. The average molecular weight is 216 g/mol. The largest absolute Gasteiger partial charge is 0.352 e. The molecule has 4 nitrogen and oxygen atoms in total. The molecule has 0 aliphatic carbocycles. The summed E-state index contributed by atoms with van der Waals surface area (Å²) in [6.07, 6.45) is -0.0645. The molecule has 0 unspecified atom stereocenters. The zero-order valence-corrected chi connectivity index (χ0v) is 10.2. The number of nitrogens with one attached hydrogen (secondary N) is 1. The van der Waals surface area contributed by atoms with Crippen LogP contribution < -0.4 is 5.32 Å². The lowest BCUT2D eigenvalue weighted by Crippen LogP contribution is -2.51. The number of piperazine rings is 1. The van der Waals surface area contributed by atoms with Gasteiger partial charge >= 0.3 is 0 Å². The Hall–Kier alpha value is -0.160. The van der Waals surface area contributed by atoms with Gasteiger partial charge in [-0.2, -0.15) is 0 Å². The van der Waals surface area contributed by atoms with Crippen LogP contribution in [0.2, 0.25) is 0 Å². The standard InChI is InChI=1S/C11H24N2O2/c1-4-14-11(15-5-2)9-13-7-6-12-10(3)8-13/h10-12H,4-9H2,1-3H3/t10-/m1/s1. The summed E-state index contributed by atoms with van der Waals surface area (Å²) in [5, 5.41) is 3.43. The number of hydrogen-bond donors (Lipinski definition) is 1. The second-order valence-corrected chi connectivity index (χ2v) is 3.95. The van der Waals surface area contributed by atoms with Crippen LogP contribution in [-0.4, -0.2) is 56.6 Å². The highest BCUT2D eigenvalue weighted by Crippen LogP contribution is 2.03. The predicted octanol–water partition coefficient (Wildman–Crippen LogP) is 0.679. The van der Waals surface area contributed by atoms with Gasteiger partial charge in [-0.25, -0.2) is 0 Å². The minimum Gasteiger partial charge on any atom is -0.352 e. The van der Waals surface area contributed by atoms with E-state index in [1.165, 1.54) is 0 Å². The smallest absolute Gasteiger partial charge is 0.170 e. The Labute approximate surface area is 92.9 Å². The van der Waals surface area contributed by atoms with E-state index in [1.807, 2.05) is 13.8 Å². The zero-order valence-electron chi connectivity index (χ0n) is 10.2. The van der Waals surface area contributed by atoms with Crippen LogP contribution in [0.3, 0.4) is 0 Å². The van der Waals surface area contributed by atoms with Crippen molar-refractivity contribution in [2.24, 2.45) is 0 Å². The first kappa shape index (κ1) is 12.9. The van der Waals surface area contributed by atoms with E-state index in [0.29, 0.717) is 19.3 Å². The van der Waals surface area contributed by atoms with E-state index >= 15 is 0 Å². The highest BCUT2D eigenvalue weighted by Gasteiger charge is 2.19. The Bertz CT molecular complexity index is 158. The van der Waals surface area contributed by atoms with Crippen molar-refractivity contribution in [1.82, 2.24) is 10.2 Å². The van der Waals surface area contributed by atoms with Gasteiger partial charge in [-0.3, -0.25) is 4.90 Å². The van der Waals surface area contributed by atoms with Crippen LogP contribution in [0, 0.1) is 0 Å². The lowest BCUT2D eigenvalue weighted by atomic mass is 10.2. The maximum Gasteiger partial charge on any atom is 0.170 e. The molecule has 0 bridgehead atoms. The highest BCUT2D eigenvalue weighted by molar-refractivity contribution is 4.75. The molecule has 1 saturated heterocycles. The highest BCUT2D eigenvalue weighted by atomic mass is 16.7. The van der Waals surface area contributed by atoms with Crippen LogP contribution in [0.4, 0.5) is 0 Å². The van der Waals surface area contributed by atoms with E-state index in [1.54, 1.807) is 0 Å². The van der Waals surface area contributed by atoms with Crippen LogP contribution in [0.25, 0.3) is 0 Å². The predicted molar refractivity (Wildman–Crippen MR) is 60.9 cm³/mol. The first-order chi connectivity index (χ1) is 7.26. The molecule has 1 rings (SSSR count). The first-order valence-electron chi connectivity index (χ1n) is 5.95. The molecule has 0 amide bonds. The van der Waals surface area contributed by atoms with Gasteiger partial charge in [0, 0.05) is 45.4 Å². The van der Waals surface area contributed by atoms with Crippen molar-refractivity contribution >= 4 is 0 Å². The Morgan fingerprint density at radius 1 is 1.33 bits per heavy atom. The second-order valence-electron chi connectivity index (χ2n) is 3.95. The summed E-state index contributed by atoms with van der Waals surface area (Å²) in [6.45, 7) is 11.8. The second kappa shape index (κ2) is 7.17. The van der Waals surface area contributed by atoms with Crippen LogP contribution >= 0.6 is 0 Å². The Kier molecular flexibility index (Phi) is 6.17. The molecule has 1 atom stereocenters. The van der Waals surface area contributed by atoms with Crippen molar-refractivity contribution in [2.75, 3.05) is 39.4 Å². The van der Waals surface area contributed by atoms with Gasteiger partial charge in [0.15, 0.2) is 6.29 Å². The van der Waals surface area contributed by atoms with Gasteiger partial charge in [0.2, 0.25) is 0 Å². The fourth-order valence-corrected chi connectivity index (χ4v) is 1.91. The molecule has 0 aromatic carbocycles. The van der Waals surface area contributed by atoms with E-state index in [2.05, 4.69) is 17.1 Å². The summed E-state index contributed by atoms with van der Waals surface area (Å²) in [5.74, 6) is 0. The van der Waals surface area contributed by atoms with Crippen LogP contribution in [0.5, 0.6) is 0 Å². The van der Waals surface area contributed by atoms with Crippen LogP contribution in [0.1, 0.15) is 20.8 Å². The van der Waals surface area contributed by atoms with Gasteiger partial charge in [-0.15, -0.1) is 0 Å². The van der Waals surface area contributed by atoms with E-state index in [0.717, 1.165) is 26.2 Å². The quantitative estimate of drug-likeness (QED) is 0.662. The molecule has 1 fully saturated rings. The molecule has 0 spiro atoms. The molecule has 1 aliphatic rings. The van der Waals surface area contributed by atoms with E-state index < -0.39 is 0 Å². The number of rotatable bonds is 6. The SMILES string of the molecule is CCOC(CN1CCN[C@H](C)C1)OCC. The molecule has 0 radical (unpaired) electrons. The fourth-order valence-electron chi connectivity index (χ4n) is 1.91. The summed E-state index contributed by atoms with van der Waals surface area (Å²) >= 11 is 0. The molecule has 0 aromatic rings. The third-order valence-corrected chi connectivity index (χ3v) is 2.57. The van der Waals surface area contributed by atoms with E-state index in [4.69, 9.17) is 9.47 Å². The molecule has 1 heterocycles. The third-order valence-electron chi connectivity index (χ3n) is 2.57. The third kappa shape index (κ3) is 4.93. The molecule has 1 aliphatic heterocycles. The number of hydrogen-bond acceptors (Lipinski definition) is 4. The summed E-state index contributed by atoms with van der Waals surface area (Å²) in [5.41, 5.74) is 0. The minimum absolute atomic E-state index is 0.0645. The van der Waals surface area contributed by atoms with Crippen molar-refractivity contribution in [2.45, 2.75) is 33.1 Å². The summed E-state index contributed by atoms with van der Waals surface area (Å²) < 4.78 is 11.1. The number of ether oxygens (including phenoxy) is 2. The van der Waals surface area contributed by atoms with Gasteiger partial charge in [0.25, 0.3) is 0 Å². The lowest BCUT2D eigenvalue weighted by Gasteiger charge is -2.33. The maximum atomic E-state index is 5.54. The Morgan fingerprint density at radius 2 is 2.00 bits per heavy atom. The van der Waals surface area contributed by atoms with Crippen LogP contribution in [0.15, 0.2) is 0 Å². The van der Waals surface area contributed by atoms with Gasteiger partial charge in [-0.1, -0.05) is 0 Å². The van der Waals surface area contributed by atoms with Crippen molar-refractivity contribution < 1.29 is 9.47 Å². The summed E-state index contributed by atoms with van der Waals surface area (Å²) in [6, 6.07) is 0.572. The molecule has 0 aromatic heterocycles. The van der Waals surface area contributed by atoms with Crippen molar-refractivity contribution in [3.8, 4) is 0 Å². The fraction of sp³-hybridized carbons (Fsp3) is 1.00. The molecule has 15 heavy (non-hydrogen) atoms. The molecule has 1 N–H and O–H groups in total. The molecule has 0 saturated carbocycles. The minimum atomic E-state index is -0.0645. The van der Waals surface area contributed by atoms with Gasteiger partial charge < -0.3 is 14.8 Å². The summed E-state index contributed by atoms with van der Waals surface area (Å²) in [7, 11) is 0. The average Bonchev–Trinajstić information content (AvgIpc) is 2.18. The van der Waals surface area contributed by atoms with E-state index in [-0.39, 0.29) is 6.29 Å². The van der Waals surface area contributed by atoms with Crippen molar-refractivity contribution in [3.63, 3.8) is 0 Å². The zero-order chi connectivity index (χ0) is 11.1. The van der Waals surface area contributed by atoms with Gasteiger partial charge in [-0.05, 0) is 20.8 Å². The molecule has 4 heteroatoms. The molecular formula is C11H24N2O2. The van der Waals surface area contributed by atoms with Gasteiger partial charge in [0.1, 0.15) is 0 Å². The van der Waals surface area contributed by atoms with Crippen molar-refractivity contribution in [3.05, 3.63) is 0 Å². The Balaban J connectivity index is 2.28. The number of nitrogens with zero attached hydrogens (tertiary/aromatic N) is 1. The lowest BCUT2D eigenvalue weighted by molar-refractivity contribution is -0.148. The topological polar surface area (TPSA) is 33.7 Å². The maximum absolute atomic E-state index is 5.54. The molecule has 90 valence electrons. The Morgan fingerprint density at radius 3 is 2.53 bits per heavy atom. The first-order valence-corrected chi connectivity index (χ1v) is 5.95. The molecular weight excluding hydrogens is 192 g/mol. The monoisotopic (exact) mass is 216 g/mol. The van der Waals surface area contributed by atoms with Crippen molar-refractivity contribution in [1.29, 1.82) is 0 Å².